The summed E-state index contributed by atoms with van der Waals surface area (Å²) in [5, 5.41) is 14.2. The standard InChI is InChI=1S/C21H17N5O3S/c1-12-6-8-13(9-7-12)23-17(27)10-18-25-26-21(30-18)24-20(29)19(28)15-11-22-16-5-3-2-4-14(15)16/h2-9,11,22H,10H2,1H3,(H,23,27)(H,24,26,29). The number of para-hydroxylation sites is 1. The fraction of sp³-hybridized carbons (Fsp3) is 0.0952. The smallest absolute Gasteiger partial charge is 0.298 e. The molecule has 0 spiro atoms. The van der Waals surface area contributed by atoms with Crippen molar-refractivity contribution in [2.24, 2.45) is 0 Å². The lowest BCUT2D eigenvalue weighted by Crippen LogP contribution is -2.22. The van der Waals surface area contributed by atoms with E-state index in [0.29, 0.717) is 16.1 Å². The second kappa shape index (κ2) is 8.26. The molecule has 0 aliphatic carbocycles. The number of amides is 2. The number of Topliss-reactive ketones (excluding diaryl/α,β-unsaturated/α-hetero) is 1. The lowest BCUT2D eigenvalue weighted by Gasteiger charge is -2.03. The van der Waals surface area contributed by atoms with Crippen molar-refractivity contribution in [1.29, 1.82) is 0 Å². The van der Waals surface area contributed by atoms with Gasteiger partial charge in [-0.05, 0) is 25.1 Å². The molecule has 0 saturated carbocycles. The van der Waals surface area contributed by atoms with Gasteiger partial charge in [-0.3, -0.25) is 19.7 Å². The van der Waals surface area contributed by atoms with Gasteiger partial charge in [-0.2, -0.15) is 0 Å². The molecule has 0 radical (unpaired) electrons. The number of carbonyl (C=O) groups is 3. The third-order valence-electron chi connectivity index (χ3n) is 4.37. The predicted octanol–water partition coefficient (Wildman–Crippen LogP) is 3.33. The maximum absolute atomic E-state index is 12.5. The molecule has 150 valence electrons. The van der Waals surface area contributed by atoms with Gasteiger partial charge in [0.15, 0.2) is 0 Å². The number of ketones is 1. The van der Waals surface area contributed by atoms with Crippen molar-refractivity contribution in [2.75, 3.05) is 10.6 Å². The van der Waals surface area contributed by atoms with Crippen LogP contribution in [0.3, 0.4) is 0 Å². The molecule has 0 bridgehead atoms. The molecular weight excluding hydrogens is 402 g/mol. The predicted molar refractivity (Wildman–Crippen MR) is 115 cm³/mol. The van der Waals surface area contributed by atoms with Gasteiger partial charge in [0, 0.05) is 22.8 Å². The van der Waals surface area contributed by atoms with Gasteiger partial charge in [-0.25, -0.2) is 0 Å². The molecule has 0 aliphatic rings. The quantitative estimate of drug-likeness (QED) is 0.327. The summed E-state index contributed by atoms with van der Waals surface area (Å²) in [5.74, 6) is -1.74. The fourth-order valence-corrected chi connectivity index (χ4v) is 3.62. The Hall–Kier alpha value is -3.85. The number of hydrogen-bond acceptors (Lipinski definition) is 6. The number of aryl methyl sites for hydroxylation is 1. The minimum Gasteiger partial charge on any atom is -0.360 e. The Kier molecular flexibility index (Phi) is 5.36. The first kappa shape index (κ1) is 19.5. The number of aromatic amines is 1. The topological polar surface area (TPSA) is 117 Å². The van der Waals surface area contributed by atoms with Gasteiger partial charge in [0.25, 0.3) is 11.7 Å². The van der Waals surface area contributed by atoms with Crippen LogP contribution in [0.5, 0.6) is 0 Å². The van der Waals surface area contributed by atoms with Gasteiger partial charge in [0.2, 0.25) is 11.0 Å². The number of benzene rings is 2. The highest BCUT2D eigenvalue weighted by Gasteiger charge is 2.21. The first-order valence-electron chi connectivity index (χ1n) is 9.10. The maximum atomic E-state index is 12.5. The Morgan fingerprint density at radius 1 is 1.00 bits per heavy atom. The molecule has 2 aromatic carbocycles. The zero-order valence-electron chi connectivity index (χ0n) is 15.9. The molecule has 2 amide bonds. The number of nitrogens with zero attached hydrogens (tertiary/aromatic N) is 2. The number of carbonyl (C=O) groups excluding carboxylic acids is 3. The molecule has 2 heterocycles. The monoisotopic (exact) mass is 419 g/mol. The summed E-state index contributed by atoms with van der Waals surface area (Å²) in [7, 11) is 0. The van der Waals surface area contributed by atoms with Crippen LogP contribution in [-0.4, -0.2) is 32.8 Å². The number of fused-ring (bicyclic) bond motifs is 1. The van der Waals surface area contributed by atoms with E-state index in [2.05, 4.69) is 25.8 Å². The molecule has 0 fully saturated rings. The van der Waals surface area contributed by atoms with E-state index in [-0.39, 0.29) is 23.0 Å². The van der Waals surface area contributed by atoms with E-state index < -0.39 is 11.7 Å². The summed E-state index contributed by atoms with van der Waals surface area (Å²) in [6.45, 7) is 1.96. The zero-order valence-corrected chi connectivity index (χ0v) is 16.7. The van der Waals surface area contributed by atoms with Crippen LogP contribution >= 0.6 is 11.3 Å². The van der Waals surface area contributed by atoms with Crippen LogP contribution in [0.25, 0.3) is 10.9 Å². The highest BCUT2D eigenvalue weighted by molar-refractivity contribution is 7.15. The summed E-state index contributed by atoms with van der Waals surface area (Å²) in [6, 6.07) is 14.7. The molecule has 0 unspecified atom stereocenters. The first-order valence-corrected chi connectivity index (χ1v) is 9.92. The van der Waals surface area contributed by atoms with Gasteiger partial charge in [0.1, 0.15) is 5.01 Å². The number of anilines is 2. The van der Waals surface area contributed by atoms with E-state index in [1.807, 2.05) is 43.3 Å². The molecule has 4 aromatic rings. The third-order valence-corrected chi connectivity index (χ3v) is 5.21. The summed E-state index contributed by atoms with van der Waals surface area (Å²) in [5.41, 5.74) is 2.84. The van der Waals surface area contributed by atoms with Crippen molar-refractivity contribution in [2.45, 2.75) is 13.3 Å². The van der Waals surface area contributed by atoms with Crippen LogP contribution in [0.1, 0.15) is 20.9 Å². The Bertz CT molecular complexity index is 1240. The molecule has 0 saturated heterocycles. The van der Waals surface area contributed by atoms with Gasteiger partial charge in [-0.1, -0.05) is 47.2 Å². The van der Waals surface area contributed by atoms with Crippen molar-refractivity contribution in [1.82, 2.24) is 15.2 Å². The highest BCUT2D eigenvalue weighted by atomic mass is 32.1. The van der Waals surface area contributed by atoms with Crippen LogP contribution in [-0.2, 0) is 16.0 Å². The normalized spacial score (nSPS) is 10.7. The van der Waals surface area contributed by atoms with E-state index in [0.717, 1.165) is 22.4 Å². The van der Waals surface area contributed by atoms with E-state index in [1.54, 1.807) is 12.1 Å². The van der Waals surface area contributed by atoms with E-state index in [4.69, 9.17) is 0 Å². The van der Waals surface area contributed by atoms with Gasteiger partial charge in [-0.15, -0.1) is 10.2 Å². The van der Waals surface area contributed by atoms with Gasteiger partial charge in [0.05, 0.1) is 12.0 Å². The third kappa shape index (κ3) is 4.26. The minimum atomic E-state index is -0.813. The minimum absolute atomic E-state index is 0.0117. The molecule has 4 rings (SSSR count). The molecule has 0 atom stereocenters. The SMILES string of the molecule is Cc1ccc(NC(=O)Cc2nnc(NC(=O)C(=O)c3c[nH]c4ccccc34)s2)cc1. The Balaban J connectivity index is 1.38. The average molecular weight is 419 g/mol. The van der Waals surface area contributed by atoms with Crippen molar-refractivity contribution in [3.63, 3.8) is 0 Å². The van der Waals surface area contributed by atoms with Crippen molar-refractivity contribution < 1.29 is 14.4 Å². The van der Waals surface area contributed by atoms with Gasteiger partial charge >= 0.3 is 0 Å². The largest absolute Gasteiger partial charge is 0.360 e. The Labute approximate surface area is 175 Å². The fourth-order valence-electron chi connectivity index (χ4n) is 2.89. The van der Waals surface area contributed by atoms with Crippen LogP contribution in [0.4, 0.5) is 10.8 Å². The number of aromatic nitrogens is 3. The number of H-pyrrole nitrogens is 1. The van der Waals surface area contributed by atoms with Crippen LogP contribution < -0.4 is 10.6 Å². The second-order valence-corrected chi connectivity index (χ2v) is 7.69. The molecule has 3 N–H and O–H groups in total. The molecular formula is C21H17N5O3S. The van der Waals surface area contributed by atoms with Crippen molar-refractivity contribution >= 4 is 50.7 Å². The highest BCUT2D eigenvalue weighted by Crippen LogP contribution is 2.20. The number of nitrogens with one attached hydrogen (secondary N) is 3. The van der Waals surface area contributed by atoms with E-state index in [9.17, 15) is 14.4 Å². The molecule has 9 heteroatoms. The number of hydrogen-bond donors (Lipinski definition) is 3. The van der Waals surface area contributed by atoms with Crippen LogP contribution in [0.15, 0.2) is 54.7 Å². The first-order chi connectivity index (χ1) is 14.5. The van der Waals surface area contributed by atoms with Crippen molar-refractivity contribution in [3.05, 3.63) is 70.9 Å². The molecule has 2 aromatic heterocycles. The molecule has 8 nitrogen and oxygen atoms in total. The average Bonchev–Trinajstić information content (AvgIpc) is 3.36. The summed E-state index contributed by atoms with van der Waals surface area (Å²) < 4.78 is 0. The summed E-state index contributed by atoms with van der Waals surface area (Å²) in [4.78, 5) is 40.0. The second-order valence-electron chi connectivity index (χ2n) is 6.62. The molecule has 0 aliphatic heterocycles. The van der Waals surface area contributed by atoms with Crippen molar-refractivity contribution in [3.8, 4) is 0 Å². The lowest BCUT2D eigenvalue weighted by molar-refractivity contribution is -0.115. The summed E-state index contributed by atoms with van der Waals surface area (Å²) in [6.07, 6.45) is 1.52. The van der Waals surface area contributed by atoms with E-state index in [1.165, 1.54) is 6.20 Å². The van der Waals surface area contributed by atoms with Gasteiger partial charge < -0.3 is 10.3 Å². The number of rotatable bonds is 6. The lowest BCUT2D eigenvalue weighted by atomic mass is 10.1. The molecule has 30 heavy (non-hydrogen) atoms. The van der Waals surface area contributed by atoms with Crippen LogP contribution in [0.2, 0.25) is 0 Å². The Morgan fingerprint density at radius 2 is 1.77 bits per heavy atom. The summed E-state index contributed by atoms with van der Waals surface area (Å²) >= 11 is 1.05. The maximum Gasteiger partial charge on any atom is 0.298 e. The zero-order chi connectivity index (χ0) is 21.1. The Morgan fingerprint density at radius 3 is 2.57 bits per heavy atom. The van der Waals surface area contributed by atoms with Crippen LogP contribution in [0, 0.1) is 6.92 Å². The van der Waals surface area contributed by atoms with E-state index >= 15 is 0 Å².